The Morgan fingerprint density at radius 2 is 2.17 bits per heavy atom. The molecule has 3 rings (SSSR count). The molecular formula is C19H19NO3. The zero-order valence-electron chi connectivity index (χ0n) is 13.1. The number of nitrogens with zero attached hydrogens (tertiary/aromatic N) is 1. The van der Waals surface area contributed by atoms with Gasteiger partial charge in [-0.05, 0) is 47.8 Å². The lowest BCUT2D eigenvalue weighted by molar-refractivity contribution is -0.140. The van der Waals surface area contributed by atoms with Crippen molar-refractivity contribution in [2.75, 3.05) is 7.11 Å². The quantitative estimate of drug-likeness (QED) is 0.805. The van der Waals surface area contributed by atoms with Gasteiger partial charge >= 0.3 is 5.97 Å². The summed E-state index contributed by atoms with van der Waals surface area (Å²) in [7, 11) is 1.42. The number of fused-ring (bicyclic) bond motifs is 2. The van der Waals surface area contributed by atoms with E-state index in [0.29, 0.717) is 13.0 Å². The van der Waals surface area contributed by atoms with Gasteiger partial charge in [-0.25, -0.2) is 0 Å². The van der Waals surface area contributed by atoms with E-state index in [-0.39, 0.29) is 5.97 Å². The molecule has 0 spiro atoms. The first-order valence-corrected chi connectivity index (χ1v) is 7.70. The summed E-state index contributed by atoms with van der Waals surface area (Å²) in [5.41, 5.74) is 4.40. The summed E-state index contributed by atoms with van der Waals surface area (Å²) in [4.78, 5) is 15.6. The minimum atomic E-state index is -0.178. The predicted molar refractivity (Wildman–Crippen MR) is 88.7 cm³/mol. The average molecular weight is 309 g/mol. The van der Waals surface area contributed by atoms with Crippen molar-refractivity contribution in [3.63, 3.8) is 0 Å². The summed E-state index contributed by atoms with van der Waals surface area (Å²) in [5.74, 6) is 0.697. The van der Waals surface area contributed by atoms with Gasteiger partial charge in [0.05, 0.1) is 7.11 Å². The van der Waals surface area contributed by atoms with Crippen LogP contribution in [0.2, 0.25) is 0 Å². The highest BCUT2D eigenvalue weighted by Crippen LogP contribution is 2.34. The van der Waals surface area contributed by atoms with Crippen molar-refractivity contribution in [1.82, 2.24) is 4.98 Å². The Morgan fingerprint density at radius 1 is 1.30 bits per heavy atom. The molecule has 2 heterocycles. The van der Waals surface area contributed by atoms with Gasteiger partial charge < -0.3 is 9.47 Å². The molecule has 23 heavy (non-hydrogen) atoms. The van der Waals surface area contributed by atoms with E-state index in [0.717, 1.165) is 40.9 Å². The molecule has 1 aliphatic rings. The largest absolute Gasteiger partial charge is 0.488 e. The maximum Gasteiger partial charge on any atom is 0.305 e. The van der Waals surface area contributed by atoms with Crippen LogP contribution >= 0.6 is 0 Å². The molecule has 0 saturated heterocycles. The first kappa shape index (κ1) is 15.3. The van der Waals surface area contributed by atoms with E-state index in [2.05, 4.69) is 17.1 Å². The molecule has 4 nitrogen and oxygen atoms in total. The molecule has 1 aromatic carbocycles. The third kappa shape index (κ3) is 3.59. The first-order chi connectivity index (χ1) is 11.3. The van der Waals surface area contributed by atoms with E-state index in [1.807, 2.05) is 30.5 Å². The summed E-state index contributed by atoms with van der Waals surface area (Å²) in [6, 6.07) is 9.99. The van der Waals surface area contributed by atoms with Gasteiger partial charge in [0.2, 0.25) is 0 Å². The van der Waals surface area contributed by atoms with Crippen molar-refractivity contribution in [2.45, 2.75) is 25.9 Å². The van der Waals surface area contributed by atoms with Gasteiger partial charge in [-0.1, -0.05) is 18.2 Å². The van der Waals surface area contributed by atoms with E-state index < -0.39 is 0 Å². The molecule has 0 radical (unpaired) electrons. The molecular weight excluding hydrogens is 290 g/mol. The van der Waals surface area contributed by atoms with Gasteiger partial charge in [-0.15, -0.1) is 0 Å². The van der Waals surface area contributed by atoms with E-state index in [4.69, 9.17) is 9.47 Å². The third-order valence-electron chi connectivity index (χ3n) is 3.95. The van der Waals surface area contributed by atoms with Crippen LogP contribution in [0.3, 0.4) is 0 Å². The summed E-state index contributed by atoms with van der Waals surface area (Å²) in [5, 5.41) is 0. The van der Waals surface area contributed by atoms with Crippen LogP contribution in [0.25, 0.3) is 11.6 Å². The van der Waals surface area contributed by atoms with Crippen molar-refractivity contribution >= 4 is 17.6 Å². The number of ether oxygens (including phenoxy) is 2. The molecule has 0 amide bonds. The Bertz CT molecular complexity index is 737. The molecule has 1 aliphatic heterocycles. The number of aromatic nitrogens is 1. The highest BCUT2D eigenvalue weighted by atomic mass is 16.5. The van der Waals surface area contributed by atoms with Crippen molar-refractivity contribution in [1.29, 1.82) is 0 Å². The first-order valence-electron chi connectivity index (χ1n) is 7.70. The van der Waals surface area contributed by atoms with Crippen molar-refractivity contribution in [3.8, 4) is 5.75 Å². The van der Waals surface area contributed by atoms with Gasteiger partial charge in [0.25, 0.3) is 0 Å². The van der Waals surface area contributed by atoms with E-state index in [1.54, 1.807) is 6.20 Å². The lowest BCUT2D eigenvalue weighted by Crippen LogP contribution is -2.04. The van der Waals surface area contributed by atoms with Gasteiger partial charge in [-0.3, -0.25) is 9.78 Å². The molecule has 1 aromatic heterocycles. The van der Waals surface area contributed by atoms with Crippen LogP contribution in [0, 0.1) is 0 Å². The number of esters is 1. The molecule has 0 fully saturated rings. The number of carbonyl (C=O) groups excluding carboxylic acids is 1. The lowest BCUT2D eigenvalue weighted by Gasteiger charge is -2.18. The molecule has 0 N–H and O–H groups in total. The molecule has 0 saturated carbocycles. The second kappa shape index (κ2) is 7.09. The number of pyridine rings is 1. The smallest absolute Gasteiger partial charge is 0.305 e. The van der Waals surface area contributed by atoms with E-state index in [1.165, 1.54) is 7.11 Å². The minimum absolute atomic E-state index is 0.178. The second-order valence-electron chi connectivity index (χ2n) is 5.46. The van der Waals surface area contributed by atoms with Crippen molar-refractivity contribution < 1.29 is 14.3 Å². The Balaban J connectivity index is 1.93. The summed E-state index contributed by atoms with van der Waals surface area (Å²) >= 11 is 0. The maximum absolute atomic E-state index is 11.3. The third-order valence-corrected chi connectivity index (χ3v) is 3.95. The van der Waals surface area contributed by atoms with E-state index in [9.17, 15) is 4.79 Å². The standard InChI is InChI=1S/C19H19NO3/c1-22-19(21)8-4-5-14-11-16-12-20-10-9-15(16)13-23-18-7-3-2-6-17(14)18/h2-3,6-7,9-12H,4-5,8,13H2,1H3/b14-11-. The van der Waals surface area contributed by atoms with E-state index >= 15 is 0 Å². The number of para-hydroxylation sites is 1. The SMILES string of the molecule is COC(=O)CCC/C1=C/c2cnccc2COc2ccccc21. The Kier molecular flexibility index (Phi) is 4.71. The van der Waals surface area contributed by atoms with Crippen LogP contribution in [0.4, 0.5) is 0 Å². The van der Waals surface area contributed by atoms with Crippen LogP contribution in [0.1, 0.15) is 36.0 Å². The molecule has 0 unspecified atom stereocenters. The number of hydrogen-bond acceptors (Lipinski definition) is 4. The van der Waals surface area contributed by atoms with Gasteiger partial charge in [0.15, 0.2) is 0 Å². The predicted octanol–water partition coefficient (Wildman–Crippen LogP) is 3.86. The fourth-order valence-electron chi connectivity index (χ4n) is 2.71. The fraction of sp³-hybridized carbons (Fsp3) is 0.263. The van der Waals surface area contributed by atoms with Crippen LogP contribution < -0.4 is 4.74 Å². The monoisotopic (exact) mass is 309 g/mol. The lowest BCUT2D eigenvalue weighted by atomic mass is 9.95. The van der Waals surface area contributed by atoms with Crippen molar-refractivity contribution in [3.05, 3.63) is 59.4 Å². The molecule has 2 aromatic rings. The van der Waals surface area contributed by atoms with Crippen LogP contribution in [0.15, 0.2) is 42.7 Å². The van der Waals surface area contributed by atoms with Gasteiger partial charge in [-0.2, -0.15) is 0 Å². The molecule has 0 bridgehead atoms. The number of methoxy groups -OCH3 is 1. The van der Waals surface area contributed by atoms with Gasteiger partial charge in [0, 0.05) is 24.4 Å². The topological polar surface area (TPSA) is 48.4 Å². The Labute approximate surface area is 135 Å². The average Bonchev–Trinajstić information content (AvgIpc) is 2.58. The highest BCUT2D eigenvalue weighted by Gasteiger charge is 2.14. The Morgan fingerprint density at radius 3 is 3.04 bits per heavy atom. The summed E-state index contributed by atoms with van der Waals surface area (Å²) < 4.78 is 10.7. The van der Waals surface area contributed by atoms with Crippen molar-refractivity contribution in [2.24, 2.45) is 0 Å². The number of hydrogen-bond donors (Lipinski definition) is 0. The molecule has 0 aliphatic carbocycles. The Hall–Kier alpha value is -2.62. The highest BCUT2D eigenvalue weighted by molar-refractivity contribution is 5.85. The molecule has 118 valence electrons. The maximum atomic E-state index is 11.3. The van der Waals surface area contributed by atoms with Crippen LogP contribution in [-0.2, 0) is 16.1 Å². The van der Waals surface area contributed by atoms with Crippen LogP contribution in [-0.4, -0.2) is 18.1 Å². The second-order valence-corrected chi connectivity index (χ2v) is 5.46. The normalized spacial score (nSPS) is 15.1. The molecule has 0 atom stereocenters. The van der Waals surface area contributed by atoms with Crippen LogP contribution in [0.5, 0.6) is 5.75 Å². The number of benzene rings is 1. The zero-order valence-corrected chi connectivity index (χ0v) is 13.1. The number of rotatable bonds is 4. The minimum Gasteiger partial charge on any atom is -0.488 e. The molecule has 4 heteroatoms. The summed E-state index contributed by atoms with van der Waals surface area (Å²) in [6.07, 6.45) is 7.72. The fourth-order valence-corrected chi connectivity index (χ4v) is 2.71. The zero-order chi connectivity index (χ0) is 16.1. The van der Waals surface area contributed by atoms with Gasteiger partial charge in [0.1, 0.15) is 12.4 Å². The number of allylic oxidation sites excluding steroid dienone is 1. The summed E-state index contributed by atoms with van der Waals surface area (Å²) in [6.45, 7) is 0.529. The number of carbonyl (C=O) groups is 1.